The van der Waals surface area contributed by atoms with Gasteiger partial charge in [0.05, 0.1) is 25.5 Å². The number of hydrogen-bond donors (Lipinski definition) is 2. The molecule has 0 spiro atoms. The van der Waals surface area contributed by atoms with Gasteiger partial charge in [0.25, 0.3) is 5.92 Å². The Morgan fingerprint density at radius 1 is 1.20 bits per heavy atom. The number of ether oxygens (including phenoxy) is 2. The molecule has 0 saturated carbocycles. The summed E-state index contributed by atoms with van der Waals surface area (Å²) in [6, 6.07) is 4.47. The summed E-state index contributed by atoms with van der Waals surface area (Å²) in [5.41, 5.74) is 6.27. The van der Waals surface area contributed by atoms with E-state index in [0.717, 1.165) is 6.92 Å². The zero-order chi connectivity index (χ0) is 14.9. The third-order valence-corrected chi connectivity index (χ3v) is 2.86. The Hall–Kier alpha value is -2.31. The molecule has 0 aliphatic carbocycles. The van der Waals surface area contributed by atoms with E-state index in [1.54, 1.807) is 12.1 Å². The number of aromatic nitrogens is 2. The molecule has 7 heteroatoms. The van der Waals surface area contributed by atoms with E-state index in [4.69, 9.17) is 15.2 Å². The van der Waals surface area contributed by atoms with Gasteiger partial charge >= 0.3 is 0 Å². The molecule has 2 rings (SSSR count). The minimum Gasteiger partial charge on any atom is -0.493 e. The Kier molecular flexibility index (Phi) is 3.52. The van der Waals surface area contributed by atoms with Crippen LogP contribution in [-0.4, -0.2) is 24.4 Å². The molecule has 2 aromatic rings. The number of nitrogens with one attached hydrogen (secondary N) is 1. The van der Waals surface area contributed by atoms with Gasteiger partial charge in [-0.05, 0) is 12.1 Å². The second-order valence-corrected chi connectivity index (χ2v) is 4.35. The maximum absolute atomic E-state index is 13.7. The van der Waals surface area contributed by atoms with Crippen molar-refractivity contribution in [2.24, 2.45) is 0 Å². The van der Waals surface area contributed by atoms with Crippen molar-refractivity contribution < 1.29 is 18.3 Å². The predicted molar refractivity (Wildman–Crippen MR) is 71.1 cm³/mol. The number of nitrogens with zero attached hydrogens (tertiary/aromatic N) is 1. The minimum absolute atomic E-state index is 0.0104. The number of benzene rings is 1. The van der Waals surface area contributed by atoms with Crippen molar-refractivity contribution in [3.05, 3.63) is 23.8 Å². The van der Waals surface area contributed by atoms with Crippen molar-refractivity contribution in [1.29, 1.82) is 0 Å². The highest BCUT2D eigenvalue weighted by atomic mass is 19.3. The highest BCUT2D eigenvalue weighted by Crippen LogP contribution is 2.43. The van der Waals surface area contributed by atoms with Crippen LogP contribution in [0, 0.1) is 0 Å². The van der Waals surface area contributed by atoms with Crippen LogP contribution in [0.4, 0.5) is 14.6 Å². The zero-order valence-electron chi connectivity index (χ0n) is 11.3. The van der Waals surface area contributed by atoms with Crippen molar-refractivity contribution in [2.45, 2.75) is 12.8 Å². The highest BCUT2D eigenvalue weighted by molar-refractivity contribution is 5.68. The predicted octanol–water partition coefficient (Wildman–Crippen LogP) is 2.79. The summed E-state index contributed by atoms with van der Waals surface area (Å²) in [6.45, 7) is 0.801. The molecule has 1 aromatic carbocycles. The van der Waals surface area contributed by atoms with E-state index >= 15 is 0 Å². The van der Waals surface area contributed by atoms with Crippen LogP contribution in [0.1, 0.15) is 12.5 Å². The number of methoxy groups -OCH3 is 2. The van der Waals surface area contributed by atoms with Crippen LogP contribution in [-0.2, 0) is 5.92 Å². The zero-order valence-corrected chi connectivity index (χ0v) is 11.3. The van der Waals surface area contributed by atoms with E-state index in [1.165, 1.54) is 20.3 Å². The molecule has 0 aliphatic heterocycles. The van der Waals surface area contributed by atoms with Crippen molar-refractivity contribution >= 4 is 5.82 Å². The smallest absolute Gasteiger partial charge is 0.274 e. The maximum Gasteiger partial charge on any atom is 0.274 e. The molecule has 0 bridgehead atoms. The standard InChI is InChI=1S/C13H15F2N3O2/c1-13(14,15)8-4-7(9-6-11(16)18-17-9)5-10(19-2)12(8)20-3/h4-6H,1-3H3,(H3,16,17,18). The van der Waals surface area contributed by atoms with Crippen LogP contribution in [0.5, 0.6) is 11.5 Å². The average molecular weight is 283 g/mol. The fraction of sp³-hybridized carbons (Fsp3) is 0.308. The lowest BCUT2D eigenvalue weighted by atomic mass is 10.0. The van der Waals surface area contributed by atoms with Crippen LogP contribution in [0.25, 0.3) is 11.3 Å². The molecule has 1 aromatic heterocycles. The van der Waals surface area contributed by atoms with Gasteiger partial charge in [-0.2, -0.15) is 5.10 Å². The van der Waals surface area contributed by atoms with Crippen molar-refractivity contribution in [3.8, 4) is 22.8 Å². The number of aromatic amines is 1. The Morgan fingerprint density at radius 2 is 1.90 bits per heavy atom. The van der Waals surface area contributed by atoms with Gasteiger partial charge in [0.1, 0.15) is 5.82 Å². The molecular weight excluding hydrogens is 268 g/mol. The SMILES string of the molecule is COc1cc(-c2cc(N)n[nH]2)cc(C(C)(F)F)c1OC. The van der Waals surface area contributed by atoms with E-state index in [9.17, 15) is 8.78 Å². The third-order valence-electron chi connectivity index (χ3n) is 2.86. The molecule has 5 nitrogen and oxygen atoms in total. The number of hydrogen-bond acceptors (Lipinski definition) is 4. The van der Waals surface area contributed by atoms with Gasteiger partial charge in [-0.3, -0.25) is 5.10 Å². The fourth-order valence-corrected chi connectivity index (χ4v) is 1.93. The number of anilines is 1. The van der Waals surface area contributed by atoms with Gasteiger partial charge in [-0.25, -0.2) is 8.78 Å². The van der Waals surface area contributed by atoms with Crippen LogP contribution in [0.15, 0.2) is 18.2 Å². The van der Waals surface area contributed by atoms with Crippen molar-refractivity contribution in [1.82, 2.24) is 10.2 Å². The second-order valence-electron chi connectivity index (χ2n) is 4.35. The normalized spacial score (nSPS) is 11.4. The lowest BCUT2D eigenvalue weighted by molar-refractivity contribution is 0.0148. The average Bonchev–Trinajstić information content (AvgIpc) is 2.82. The second kappa shape index (κ2) is 4.99. The van der Waals surface area contributed by atoms with E-state index in [1.807, 2.05) is 0 Å². The third kappa shape index (κ3) is 2.52. The van der Waals surface area contributed by atoms with E-state index < -0.39 is 5.92 Å². The fourth-order valence-electron chi connectivity index (χ4n) is 1.93. The first-order valence-electron chi connectivity index (χ1n) is 5.82. The lowest BCUT2D eigenvalue weighted by Crippen LogP contribution is -2.10. The summed E-state index contributed by atoms with van der Waals surface area (Å²) in [6.07, 6.45) is 0. The molecule has 20 heavy (non-hydrogen) atoms. The first-order valence-corrected chi connectivity index (χ1v) is 5.82. The van der Waals surface area contributed by atoms with E-state index in [0.29, 0.717) is 11.3 Å². The molecule has 0 atom stereocenters. The molecule has 3 N–H and O–H groups in total. The first kappa shape index (κ1) is 14.1. The number of halogens is 2. The molecule has 0 aliphatic rings. The molecule has 1 heterocycles. The summed E-state index contributed by atoms with van der Waals surface area (Å²) in [7, 11) is 2.71. The van der Waals surface area contributed by atoms with Gasteiger partial charge in [0.2, 0.25) is 0 Å². The molecule has 0 radical (unpaired) electrons. The summed E-state index contributed by atoms with van der Waals surface area (Å²) < 4.78 is 37.6. The summed E-state index contributed by atoms with van der Waals surface area (Å²) >= 11 is 0. The molecule has 0 fully saturated rings. The number of nitrogen functional groups attached to an aromatic ring is 1. The Morgan fingerprint density at radius 3 is 2.35 bits per heavy atom. The van der Waals surface area contributed by atoms with Crippen molar-refractivity contribution in [3.63, 3.8) is 0 Å². The molecule has 0 saturated heterocycles. The van der Waals surface area contributed by atoms with Crippen molar-refractivity contribution in [2.75, 3.05) is 20.0 Å². The van der Waals surface area contributed by atoms with Crippen LogP contribution in [0.2, 0.25) is 0 Å². The van der Waals surface area contributed by atoms with Crippen LogP contribution >= 0.6 is 0 Å². The first-order chi connectivity index (χ1) is 9.36. The molecule has 108 valence electrons. The summed E-state index contributed by atoms with van der Waals surface area (Å²) in [5, 5.41) is 6.45. The van der Waals surface area contributed by atoms with Gasteiger partial charge in [-0.1, -0.05) is 0 Å². The Labute approximate surface area is 114 Å². The number of rotatable bonds is 4. The summed E-state index contributed by atoms with van der Waals surface area (Å²) in [4.78, 5) is 0. The number of nitrogens with two attached hydrogens (primary N) is 1. The van der Waals surface area contributed by atoms with Gasteiger partial charge in [0.15, 0.2) is 11.5 Å². The maximum atomic E-state index is 13.7. The topological polar surface area (TPSA) is 73.2 Å². The van der Waals surface area contributed by atoms with Crippen LogP contribution < -0.4 is 15.2 Å². The molecular formula is C13H15F2N3O2. The van der Waals surface area contributed by atoms with E-state index in [2.05, 4.69) is 10.2 Å². The Bertz CT molecular complexity index is 621. The number of alkyl halides is 2. The van der Waals surface area contributed by atoms with Gasteiger partial charge in [-0.15, -0.1) is 0 Å². The van der Waals surface area contributed by atoms with Gasteiger partial charge < -0.3 is 15.2 Å². The quantitative estimate of drug-likeness (QED) is 0.905. The summed E-state index contributed by atoms with van der Waals surface area (Å²) in [5.74, 6) is -2.56. The number of H-pyrrole nitrogens is 1. The highest BCUT2D eigenvalue weighted by Gasteiger charge is 2.31. The molecule has 0 unspecified atom stereocenters. The Balaban J connectivity index is 2.67. The lowest BCUT2D eigenvalue weighted by Gasteiger charge is -2.18. The van der Waals surface area contributed by atoms with E-state index in [-0.39, 0.29) is 22.9 Å². The monoisotopic (exact) mass is 283 g/mol. The largest absolute Gasteiger partial charge is 0.493 e. The molecule has 0 amide bonds. The minimum atomic E-state index is -3.07. The van der Waals surface area contributed by atoms with Gasteiger partial charge in [0, 0.05) is 18.6 Å². The van der Waals surface area contributed by atoms with Crippen LogP contribution in [0.3, 0.4) is 0 Å².